The molecule has 0 radical (unpaired) electrons. The number of nitrogens with one attached hydrogen (secondary N) is 1. The summed E-state index contributed by atoms with van der Waals surface area (Å²) in [6, 6.07) is 15.0. The third-order valence-electron chi connectivity index (χ3n) is 4.46. The largest absolute Gasteiger partial charge is 0.366 e. The van der Waals surface area contributed by atoms with Crippen LogP contribution in [0.15, 0.2) is 71.9 Å². The molecule has 30 heavy (non-hydrogen) atoms. The fourth-order valence-electron chi connectivity index (χ4n) is 2.99. The first-order valence-electron chi connectivity index (χ1n) is 8.91. The molecule has 0 aliphatic carbocycles. The quantitative estimate of drug-likeness (QED) is 0.509. The van der Waals surface area contributed by atoms with Gasteiger partial charge in [0.25, 0.3) is 5.91 Å². The van der Waals surface area contributed by atoms with Gasteiger partial charge < -0.3 is 11.1 Å². The normalized spacial score (nSPS) is 11.4. The van der Waals surface area contributed by atoms with Crippen molar-refractivity contribution in [2.24, 2.45) is 5.73 Å². The number of hydrogen-bond donors (Lipinski definition) is 2. The molecule has 150 valence electrons. The molecule has 0 atom stereocenters. The van der Waals surface area contributed by atoms with Crippen LogP contribution in [0.25, 0.3) is 22.3 Å². The van der Waals surface area contributed by atoms with E-state index in [1.54, 1.807) is 48.8 Å². The highest BCUT2D eigenvalue weighted by atomic mass is 32.2. The van der Waals surface area contributed by atoms with Gasteiger partial charge in [0.2, 0.25) is 0 Å². The van der Waals surface area contributed by atoms with Crippen LogP contribution in [0.4, 0.5) is 11.5 Å². The van der Waals surface area contributed by atoms with Gasteiger partial charge in [-0.25, -0.2) is 18.4 Å². The topological polar surface area (TPSA) is 128 Å². The van der Waals surface area contributed by atoms with E-state index in [4.69, 9.17) is 5.73 Å². The van der Waals surface area contributed by atoms with Gasteiger partial charge in [-0.1, -0.05) is 12.1 Å². The van der Waals surface area contributed by atoms with Crippen LogP contribution in [0.1, 0.15) is 10.4 Å². The van der Waals surface area contributed by atoms with Gasteiger partial charge in [-0.3, -0.25) is 9.78 Å². The minimum Gasteiger partial charge on any atom is -0.366 e. The Morgan fingerprint density at radius 1 is 1.03 bits per heavy atom. The summed E-state index contributed by atoms with van der Waals surface area (Å²) in [5, 5.41) is 3.61. The number of carbonyl (C=O) groups is 1. The molecule has 4 rings (SSSR count). The maximum absolute atomic E-state index is 12.0. The predicted molar refractivity (Wildman–Crippen MR) is 114 cm³/mol. The summed E-state index contributed by atoms with van der Waals surface area (Å²) in [6.07, 6.45) is 4.41. The minimum atomic E-state index is -3.44. The molecule has 0 aliphatic rings. The van der Waals surface area contributed by atoms with Crippen molar-refractivity contribution in [1.82, 2.24) is 15.0 Å². The van der Waals surface area contributed by atoms with Gasteiger partial charge in [0.15, 0.2) is 15.7 Å². The van der Waals surface area contributed by atoms with E-state index < -0.39 is 15.7 Å². The molecule has 0 bridgehead atoms. The lowest BCUT2D eigenvalue weighted by Crippen LogP contribution is -2.13. The molecular formula is C21H17N5O3S. The number of hydrogen-bond acceptors (Lipinski definition) is 7. The maximum atomic E-state index is 12.0. The summed E-state index contributed by atoms with van der Waals surface area (Å²) >= 11 is 0. The molecule has 1 amide bonds. The lowest BCUT2D eigenvalue weighted by atomic mass is 10.1. The van der Waals surface area contributed by atoms with Crippen LogP contribution in [0.5, 0.6) is 0 Å². The molecule has 0 unspecified atom stereocenters. The lowest BCUT2D eigenvalue weighted by Gasteiger charge is -2.13. The predicted octanol–water partition coefficient (Wildman–Crippen LogP) is 2.94. The zero-order chi connectivity index (χ0) is 21.3. The summed E-state index contributed by atoms with van der Waals surface area (Å²) in [6.45, 7) is 0. The smallest absolute Gasteiger partial charge is 0.250 e. The average Bonchev–Trinajstić information content (AvgIpc) is 2.73. The molecule has 3 N–H and O–H groups in total. The van der Waals surface area contributed by atoms with Crippen LogP contribution in [0.2, 0.25) is 0 Å². The Morgan fingerprint density at radius 3 is 2.53 bits per heavy atom. The minimum absolute atomic E-state index is 0.138. The zero-order valence-electron chi connectivity index (χ0n) is 15.9. The van der Waals surface area contributed by atoms with Crippen LogP contribution >= 0.6 is 0 Å². The first-order valence-corrected chi connectivity index (χ1v) is 10.8. The zero-order valence-corrected chi connectivity index (χ0v) is 16.7. The van der Waals surface area contributed by atoms with Crippen molar-refractivity contribution in [3.63, 3.8) is 0 Å². The Kier molecular flexibility index (Phi) is 4.88. The second-order valence-electron chi connectivity index (χ2n) is 6.62. The molecule has 0 saturated carbocycles. The molecule has 4 aromatic rings. The molecule has 0 aliphatic heterocycles. The van der Waals surface area contributed by atoms with Crippen LogP contribution in [-0.4, -0.2) is 35.5 Å². The van der Waals surface area contributed by atoms with Crippen molar-refractivity contribution in [3.05, 3.63) is 72.6 Å². The first kappa shape index (κ1) is 19.5. The van der Waals surface area contributed by atoms with Gasteiger partial charge in [0.1, 0.15) is 5.82 Å². The van der Waals surface area contributed by atoms with E-state index in [1.807, 2.05) is 6.07 Å². The number of para-hydroxylation sites is 1. The third-order valence-corrected chi connectivity index (χ3v) is 5.57. The first-order chi connectivity index (χ1) is 14.3. The highest BCUT2D eigenvalue weighted by Gasteiger charge is 2.16. The lowest BCUT2D eigenvalue weighted by molar-refractivity contribution is 0.100. The number of carbonyl (C=O) groups excluding carboxylic acids is 1. The highest BCUT2D eigenvalue weighted by Crippen LogP contribution is 2.30. The van der Waals surface area contributed by atoms with Crippen LogP contribution in [-0.2, 0) is 9.84 Å². The van der Waals surface area contributed by atoms with Gasteiger partial charge in [-0.15, -0.1) is 0 Å². The van der Waals surface area contributed by atoms with Crippen LogP contribution in [0, 0.1) is 0 Å². The number of rotatable bonds is 5. The van der Waals surface area contributed by atoms with Crippen molar-refractivity contribution >= 4 is 38.2 Å². The number of nitrogens with two attached hydrogens (primary N) is 1. The Labute approximate surface area is 172 Å². The van der Waals surface area contributed by atoms with Crippen molar-refractivity contribution in [2.75, 3.05) is 11.6 Å². The number of primary amides is 1. The monoisotopic (exact) mass is 419 g/mol. The molecule has 2 aromatic carbocycles. The molecular weight excluding hydrogens is 402 g/mol. The van der Waals surface area contributed by atoms with Crippen molar-refractivity contribution in [3.8, 4) is 11.4 Å². The fourth-order valence-corrected chi connectivity index (χ4v) is 3.64. The second-order valence-corrected chi connectivity index (χ2v) is 8.64. The fraction of sp³-hybridized carbons (Fsp3) is 0.0476. The van der Waals surface area contributed by atoms with Gasteiger partial charge in [-0.05, 0) is 42.5 Å². The molecule has 0 fully saturated rings. The summed E-state index contributed by atoms with van der Waals surface area (Å²) in [4.78, 5) is 25.2. The number of pyridine rings is 1. The summed E-state index contributed by atoms with van der Waals surface area (Å²) in [5.74, 6) is 0.153. The average molecular weight is 419 g/mol. The summed E-state index contributed by atoms with van der Waals surface area (Å²) < 4.78 is 24.1. The molecule has 9 heteroatoms. The number of amides is 1. The van der Waals surface area contributed by atoms with Gasteiger partial charge in [0, 0.05) is 29.6 Å². The van der Waals surface area contributed by atoms with E-state index in [0.717, 1.165) is 6.26 Å². The molecule has 8 nitrogen and oxygen atoms in total. The third kappa shape index (κ3) is 3.83. The number of benzene rings is 2. The van der Waals surface area contributed by atoms with E-state index in [1.165, 1.54) is 12.1 Å². The Morgan fingerprint density at radius 2 is 1.83 bits per heavy atom. The Bertz CT molecular complexity index is 1370. The Balaban J connectivity index is 1.96. The number of fused-ring (bicyclic) bond motifs is 1. The van der Waals surface area contributed by atoms with Crippen LogP contribution < -0.4 is 11.1 Å². The number of nitrogens with zero attached hydrogens (tertiary/aromatic N) is 3. The standard InChI is InChI=1S/C21H17N5O3S/c1-30(28,29)14-8-9-18-16(11-14)21(25-17-7-3-2-6-15(17)19(22)27)26-20(24-18)13-5-4-10-23-12-13/h2-12H,1H3,(H2,22,27)(H,24,25,26). The van der Waals surface area contributed by atoms with Gasteiger partial charge in [-0.2, -0.15) is 0 Å². The van der Waals surface area contributed by atoms with E-state index in [-0.39, 0.29) is 10.5 Å². The van der Waals surface area contributed by atoms with Gasteiger partial charge in [0.05, 0.1) is 21.7 Å². The molecule has 2 heterocycles. The molecule has 2 aromatic heterocycles. The second kappa shape index (κ2) is 7.53. The number of anilines is 2. The highest BCUT2D eigenvalue weighted by molar-refractivity contribution is 7.90. The van der Waals surface area contributed by atoms with E-state index in [9.17, 15) is 13.2 Å². The van der Waals surface area contributed by atoms with Crippen LogP contribution in [0.3, 0.4) is 0 Å². The van der Waals surface area contributed by atoms with Crippen molar-refractivity contribution < 1.29 is 13.2 Å². The summed E-state index contributed by atoms with van der Waals surface area (Å²) in [7, 11) is -3.44. The maximum Gasteiger partial charge on any atom is 0.250 e. The number of sulfone groups is 1. The molecule has 0 saturated heterocycles. The van der Waals surface area contributed by atoms with E-state index in [2.05, 4.69) is 20.3 Å². The van der Waals surface area contributed by atoms with Gasteiger partial charge >= 0.3 is 0 Å². The van der Waals surface area contributed by atoms with E-state index in [0.29, 0.717) is 33.8 Å². The summed E-state index contributed by atoms with van der Waals surface area (Å²) in [5.41, 5.74) is 7.45. The van der Waals surface area contributed by atoms with E-state index >= 15 is 0 Å². The molecule has 0 spiro atoms. The SMILES string of the molecule is CS(=O)(=O)c1ccc2nc(-c3cccnc3)nc(Nc3ccccc3C(N)=O)c2c1. The van der Waals surface area contributed by atoms with Crippen molar-refractivity contribution in [2.45, 2.75) is 4.90 Å². The Hall–Kier alpha value is -3.85. The number of aromatic nitrogens is 3. The van der Waals surface area contributed by atoms with Crippen molar-refractivity contribution in [1.29, 1.82) is 0 Å².